The Balaban J connectivity index is 2.09. The highest BCUT2D eigenvalue weighted by Gasteiger charge is 2.39. The molecule has 0 saturated heterocycles. The number of nitrogens with zero attached hydrogens (tertiary/aromatic N) is 3. The maximum absolute atomic E-state index is 8.90. The average molecular weight is 353 g/mol. The van der Waals surface area contributed by atoms with Crippen molar-refractivity contribution in [3.8, 4) is 0 Å². The zero-order chi connectivity index (χ0) is 18.5. The molecular formula is C23H19N3O. The van der Waals surface area contributed by atoms with Crippen LogP contribution in [0.4, 0.5) is 0 Å². The molecule has 0 bridgehead atoms. The molecule has 0 fully saturated rings. The van der Waals surface area contributed by atoms with Crippen molar-refractivity contribution in [3.63, 3.8) is 0 Å². The Labute approximate surface area is 158 Å². The molecule has 0 spiro atoms. The van der Waals surface area contributed by atoms with Gasteiger partial charge in [0.15, 0.2) is 0 Å². The van der Waals surface area contributed by atoms with Crippen LogP contribution in [0.2, 0.25) is 0 Å². The molecule has 27 heavy (non-hydrogen) atoms. The Kier molecular flexibility index (Phi) is 4.54. The Morgan fingerprint density at radius 3 is 1.56 bits per heavy atom. The quantitative estimate of drug-likeness (QED) is 0.248. The third kappa shape index (κ3) is 2.91. The summed E-state index contributed by atoms with van der Waals surface area (Å²) in [7, 11) is 0. The minimum absolute atomic E-state index is 0.588. The van der Waals surface area contributed by atoms with Crippen molar-refractivity contribution in [3.05, 3.63) is 126 Å². The van der Waals surface area contributed by atoms with Gasteiger partial charge in [0.25, 0.3) is 0 Å². The van der Waals surface area contributed by atoms with E-state index in [4.69, 9.17) is 10.3 Å². The van der Waals surface area contributed by atoms with E-state index in [9.17, 15) is 0 Å². The summed E-state index contributed by atoms with van der Waals surface area (Å²) < 4.78 is 1.93. The topological polar surface area (TPSA) is 50.4 Å². The number of benzene rings is 3. The van der Waals surface area contributed by atoms with Gasteiger partial charge in [0.1, 0.15) is 11.2 Å². The average Bonchev–Trinajstić information content (AvgIpc) is 3.20. The first-order chi connectivity index (χ1) is 13.4. The van der Waals surface area contributed by atoms with Crippen LogP contribution in [0.3, 0.4) is 0 Å². The van der Waals surface area contributed by atoms with E-state index >= 15 is 0 Å². The number of aromatic nitrogens is 2. The largest absolute Gasteiger partial charge is 0.411 e. The fraction of sp³-hybridized carbons (Fsp3) is 0.0435. The Morgan fingerprint density at radius 1 is 0.704 bits per heavy atom. The molecular weight excluding hydrogens is 334 g/mol. The SMILES string of the molecule is O/N=C/c1ccn(C(c2ccccc2)(c2ccccc2)c2ccccc2)n1. The molecule has 1 N–H and O–H groups in total. The summed E-state index contributed by atoms with van der Waals surface area (Å²) in [6, 6.07) is 32.8. The smallest absolute Gasteiger partial charge is 0.138 e. The highest BCUT2D eigenvalue weighted by molar-refractivity contribution is 5.76. The fourth-order valence-corrected chi connectivity index (χ4v) is 3.59. The van der Waals surface area contributed by atoms with Crippen molar-refractivity contribution >= 4 is 6.21 Å². The number of hydrogen-bond acceptors (Lipinski definition) is 3. The molecule has 0 radical (unpaired) electrons. The van der Waals surface area contributed by atoms with Crippen molar-refractivity contribution < 1.29 is 5.21 Å². The monoisotopic (exact) mass is 353 g/mol. The van der Waals surface area contributed by atoms with Crippen LogP contribution in [-0.4, -0.2) is 21.2 Å². The van der Waals surface area contributed by atoms with Crippen molar-refractivity contribution in [2.24, 2.45) is 5.16 Å². The third-order valence-corrected chi connectivity index (χ3v) is 4.72. The molecule has 0 unspecified atom stereocenters. The van der Waals surface area contributed by atoms with Gasteiger partial charge in [-0.1, -0.05) is 96.2 Å². The van der Waals surface area contributed by atoms with Gasteiger partial charge in [0.05, 0.1) is 6.21 Å². The van der Waals surface area contributed by atoms with Crippen LogP contribution in [0.1, 0.15) is 22.4 Å². The number of rotatable bonds is 5. The lowest BCUT2D eigenvalue weighted by molar-refractivity contribution is 0.321. The second-order valence-electron chi connectivity index (χ2n) is 6.24. The highest BCUT2D eigenvalue weighted by atomic mass is 16.4. The minimum atomic E-state index is -0.647. The Hall–Kier alpha value is -3.66. The molecule has 3 aromatic carbocycles. The van der Waals surface area contributed by atoms with E-state index in [0.29, 0.717) is 5.69 Å². The molecule has 4 heteroatoms. The lowest BCUT2D eigenvalue weighted by atomic mass is 9.77. The molecule has 1 aromatic heterocycles. The molecule has 4 rings (SSSR count). The van der Waals surface area contributed by atoms with Crippen molar-refractivity contribution in [2.45, 2.75) is 5.54 Å². The summed E-state index contributed by atoms with van der Waals surface area (Å²) in [6.07, 6.45) is 3.26. The fourth-order valence-electron chi connectivity index (χ4n) is 3.59. The van der Waals surface area contributed by atoms with E-state index in [-0.39, 0.29) is 0 Å². The van der Waals surface area contributed by atoms with Crippen molar-refractivity contribution in [1.82, 2.24) is 9.78 Å². The summed E-state index contributed by atoms with van der Waals surface area (Å²) in [5, 5.41) is 16.7. The molecule has 0 amide bonds. The predicted molar refractivity (Wildman–Crippen MR) is 106 cm³/mol. The number of hydrogen-bond donors (Lipinski definition) is 1. The van der Waals surface area contributed by atoms with Crippen LogP contribution in [0.25, 0.3) is 0 Å². The van der Waals surface area contributed by atoms with E-state index < -0.39 is 5.54 Å². The van der Waals surface area contributed by atoms with Gasteiger partial charge in [-0.15, -0.1) is 0 Å². The standard InChI is InChI=1S/C23H19N3O/c27-24-18-22-16-17-26(25-22)23(19-10-4-1-5-11-19,20-12-6-2-7-13-20)21-14-8-3-9-15-21/h1-18,27H/b24-18+. The highest BCUT2D eigenvalue weighted by Crippen LogP contribution is 2.40. The Morgan fingerprint density at radius 2 is 1.15 bits per heavy atom. The molecule has 132 valence electrons. The molecule has 1 heterocycles. The molecule has 4 aromatic rings. The molecule has 0 aliphatic rings. The van der Waals surface area contributed by atoms with Gasteiger partial charge in [-0.2, -0.15) is 5.10 Å². The van der Waals surface area contributed by atoms with E-state index in [1.807, 2.05) is 71.5 Å². The zero-order valence-electron chi connectivity index (χ0n) is 14.7. The van der Waals surface area contributed by atoms with E-state index in [1.54, 1.807) is 0 Å². The first-order valence-corrected chi connectivity index (χ1v) is 8.76. The molecule has 0 saturated carbocycles. The summed E-state index contributed by atoms with van der Waals surface area (Å²) in [5.74, 6) is 0. The molecule has 0 aliphatic carbocycles. The van der Waals surface area contributed by atoms with Gasteiger partial charge < -0.3 is 5.21 Å². The van der Waals surface area contributed by atoms with Gasteiger partial charge in [-0.05, 0) is 22.8 Å². The van der Waals surface area contributed by atoms with Crippen LogP contribution < -0.4 is 0 Å². The van der Waals surface area contributed by atoms with Crippen molar-refractivity contribution in [2.75, 3.05) is 0 Å². The van der Waals surface area contributed by atoms with E-state index in [1.165, 1.54) is 6.21 Å². The summed E-state index contributed by atoms with van der Waals surface area (Å²) in [5.41, 5.74) is 3.23. The van der Waals surface area contributed by atoms with Crippen molar-refractivity contribution in [1.29, 1.82) is 0 Å². The zero-order valence-corrected chi connectivity index (χ0v) is 14.7. The van der Waals surface area contributed by atoms with Gasteiger partial charge in [0, 0.05) is 6.20 Å². The lowest BCUT2D eigenvalue weighted by Crippen LogP contribution is -2.38. The maximum Gasteiger partial charge on any atom is 0.138 e. The van der Waals surface area contributed by atoms with Crippen LogP contribution in [-0.2, 0) is 5.54 Å². The predicted octanol–water partition coefficient (Wildman–Crippen LogP) is 4.53. The van der Waals surface area contributed by atoms with Gasteiger partial charge in [-0.25, -0.2) is 0 Å². The summed E-state index contributed by atoms with van der Waals surface area (Å²) in [6.45, 7) is 0. The summed E-state index contributed by atoms with van der Waals surface area (Å²) >= 11 is 0. The van der Waals surface area contributed by atoms with Gasteiger partial charge in [0.2, 0.25) is 0 Å². The van der Waals surface area contributed by atoms with Crippen LogP contribution in [0, 0.1) is 0 Å². The molecule has 4 nitrogen and oxygen atoms in total. The summed E-state index contributed by atoms with van der Waals surface area (Å²) in [4.78, 5) is 0. The maximum atomic E-state index is 8.90. The van der Waals surface area contributed by atoms with Crippen LogP contribution in [0.5, 0.6) is 0 Å². The first kappa shape index (κ1) is 16.8. The lowest BCUT2D eigenvalue weighted by Gasteiger charge is -2.36. The van der Waals surface area contributed by atoms with Crippen LogP contribution >= 0.6 is 0 Å². The van der Waals surface area contributed by atoms with Gasteiger partial charge in [-0.3, -0.25) is 4.68 Å². The first-order valence-electron chi connectivity index (χ1n) is 8.76. The van der Waals surface area contributed by atoms with E-state index in [0.717, 1.165) is 16.7 Å². The molecule has 0 atom stereocenters. The third-order valence-electron chi connectivity index (χ3n) is 4.72. The normalized spacial score (nSPS) is 11.7. The minimum Gasteiger partial charge on any atom is -0.411 e. The Bertz CT molecular complexity index is 928. The van der Waals surface area contributed by atoms with Gasteiger partial charge >= 0.3 is 0 Å². The number of oxime groups is 1. The molecule has 0 aliphatic heterocycles. The second-order valence-corrected chi connectivity index (χ2v) is 6.24. The second kappa shape index (κ2) is 7.30. The van der Waals surface area contributed by atoms with Crippen LogP contribution in [0.15, 0.2) is 108 Å². The van der Waals surface area contributed by atoms with E-state index in [2.05, 4.69) is 41.6 Å².